The molecule has 0 saturated carbocycles. The molecule has 0 bridgehead atoms. The number of nitrogens with zero attached hydrogens (tertiary/aromatic N) is 5. The lowest BCUT2D eigenvalue weighted by atomic mass is 10.2. The molecule has 0 aliphatic carbocycles. The van der Waals surface area contributed by atoms with Gasteiger partial charge in [-0.15, -0.1) is 0 Å². The van der Waals surface area contributed by atoms with Crippen molar-refractivity contribution < 1.29 is 57.7 Å². The topological polar surface area (TPSA) is 309 Å². The van der Waals surface area contributed by atoms with Crippen LogP contribution < -0.4 is 40.6 Å². The molecular formula is C41H41N9O13. The second-order valence-electron chi connectivity index (χ2n) is 13.4. The average molecular weight is 868 g/mol. The number of methoxy groups -OCH3 is 1. The largest absolute Gasteiger partial charge is 0.479 e. The van der Waals surface area contributed by atoms with Crippen molar-refractivity contribution in [3.8, 4) is 23.5 Å². The molecule has 1 aromatic carbocycles. The normalized spacial score (nSPS) is 10.6. The molecule has 0 spiro atoms. The average Bonchev–Trinajstić information content (AvgIpc) is 3.27. The Morgan fingerprint density at radius 3 is 1.68 bits per heavy atom. The van der Waals surface area contributed by atoms with E-state index in [2.05, 4.69) is 40.6 Å². The molecule has 22 nitrogen and oxygen atoms in total. The molecule has 0 atom stereocenters. The van der Waals surface area contributed by atoms with Crippen LogP contribution in [0.3, 0.4) is 0 Å². The first-order valence-corrected chi connectivity index (χ1v) is 18.9. The zero-order valence-electron chi connectivity index (χ0n) is 34.0. The predicted molar refractivity (Wildman–Crippen MR) is 222 cm³/mol. The van der Waals surface area contributed by atoms with Crippen molar-refractivity contribution in [2.45, 2.75) is 26.9 Å². The van der Waals surface area contributed by atoms with Crippen LogP contribution in [-0.4, -0.2) is 93.1 Å². The van der Waals surface area contributed by atoms with Gasteiger partial charge in [0.15, 0.2) is 12.3 Å². The summed E-state index contributed by atoms with van der Waals surface area (Å²) in [4.78, 5) is 91.4. The van der Waals surface area contributed by atoms with E-state index >= 15 is 0 Å². The summed E-state index contributed by atoms with van der Waals surface area (Å²) in [5.41, 5.74) is 4.99. The van der Waals surface area contributed by atoms with E-state index in [1.807, 2.05) is 19.9 Å². The van der Waals surface area contributed by atoms with E-state index in [1.165, 1.54) is 36.4 Å². The van der Waals surface area contributed by atoms with Gasteiger partial charge in [0.05, 0.1) is 25.2 Å². The fourth-order valence-electron chi connectivity index (χ4n) is 5.13. The summed E-state index contributed by atoms with van der Waals surface area (Å²) in [6.45, 7) is 3.31. The van der Waals surface area contributed by atoms with Crippen molar-refractivity contribution in [3.05, 3.63) is 117 Å². The van der Waals surface area contributed by atoms with Crippen molar-refractivity contribution in [2.24, 2.45) is 11.7 Å². The Kier molecular flexibility index (Phi) is 15.9. The highest BCUT2D eigenvalue weighted by atomic mass is 16.6. The van der Waals surface area contributed by atoms with Gasteiger partial charge in [0.25, 0.3) is 23.6 Å². The molecule has 0 radical (unpaired) electrons. The third kappa shape index (κ3) is 12.9. The van der Waals surface area contributed by atoms with Crippen LogP contribution in [0.15, 0.2) is 78.9 Å². The summed E-state index contributed by atoms with van der Waals surface area (Å²) < 4.78 is 27.1. The first-order chi connectivity index (χ1) is 30.3. The molecule has 0 fully saturated rings. The van der Waals surface area contributed by atoms with Gasteiger partial charge in [0, 0.05) is 6.07 Å². The second kappa shape index (κ2) is 21.8. The Labute approximate surface area is 358 Å². The molecule has 4 heterocycles. The number of rotatable bonds is 21. The molecule has 6 N–H and O–H groups in total. The quantitative estimate of drug-likeness (QED) is 0.0293. The van der Waals surface area contributed by atoms with Crippen molar-refractivity contribution in [3.63, 3.8) is 0 Å². The smallest absolute Gasteiger partial charge is 0.356 e. The van der Waals surface area contributed by atoms with Gasteiger partial charge in [-0.3, -0.25) is 24.5 Å². The van der Waals surface area contributed by atoms with Gasteiger partial charge in [0.2, 0.25) is 17.6 Å². The Bertz CT molecular complexity index is 2490. The van der Waals surface area contributed by atoms with Crippen LogP contribution in [0, 0.1) is 16.0 Å². The molecule has 0 aliphatic rings. The number of ether oxygens (including phenoxy) is 5. The number of carbonyl (C=O) groups is 5. The number of nitrogens with two attached hydrogens (primary N) is 1. The van der Waals surface area contributed by atoms with E-state index in [9.17, 15) is 34.1 Å². The van der Waals surface area contributed by atoms with Gasteiger partial charge in [-0.05, 0) is 66.9 Å². The standard InChI is InChI=1S/C41H41N9O13/c1-23(2)20-61-37-28(12-10-25(46-37)34(53)45-30-14-15-31(41(56)59-3)49-39(30)63-22-33(51)52)43-35(54)26-11-13-29(38(47-26)62-21-24-8-5-4-6-9-24)44-36(55)27-16-17-32(50(57)58)40(48-27)60-19-7-18-42/h4-6,8-17,23H,7,18-22,42H2,1-3H3,(H,43,54)(H,44,55)(H,45,53)(H,51,52). The lowest BCUT2D eigenvalue weighted by Crippen LogP contribution is -2.20. The fraction of sp³-hybridized carbons (Fsp3) is 0.244. The molecule has 22 heteroatoms. The van der Waals surface area contributed by atoms with Gasteiger partial charge in [-0.25, -0.2) is 29.5 Å². The number of amides is 3. The number of anilines is 3. The number of carboxylic acids is 1. The molecule has 0 unspecified atom stereocenters. The highest BCUT2D eigenvalue weighted by Gasteiger charge is 2.24. The van der Waals surface area contributed by atoms with E-state index in [1.54, 1.807) is 24.3 Å². The Morgan fingerprint density at radius 2 is 1.17 bits per heavy atom. The molecule has 63 heavy (non-hydrogen) atoms. The summed E-state index contributed by atoms with van der Waals surface area (Å²) in [6, 6.07) is 19.0. The maximum absolute atomic E-state index is 13.8. The third-order valence-electron chi connectivity index (χ3n) is 8.15. The van der Waals surface area contributed by atoms with Gasteiger partial charge in [-0.2, -0.15) is 0 Å². The number of aromatic nitrogens is 4. The van der Waals surface area contributed by atoms with Crippen LogP contribution in [0.1, 0.15) is 67.8 Å². The van der Waals surface area contributed by atoms with Crippen molar-refractivity contribution in [2.75, 3.05) is 49.4 Å². The van der Waals surface area contributed by atoms with E-state index in [0.717, 1.165) is 24.8 Å². The van der Waals surface area contributed by atoms with E-state index in [4.69, 9.17) is 29.8 Å². The number of hydrogen-bond acceptors (Lipinski definition) is 17. The summed E-state index contributed by atoms with van der Waals surface area (Å²) in [5.74, 6) is -5.59. The van der Waals surface area contributed by atoms with Crippen LogP contribution in [0.2, 0.25) is 0 Å². The molecule has 4 aromatic heterocycles. The molecule has 0 aliphatic heterocycles. The zero-order valence-corrected chi connectivity index (χ0v) is 34.0. The SMILES string of the molecule is COC(=O)c1ccc(NC(=O)c2ccc(NC(=O)c3ccc(NC(=O)c4ccc([N+](=O)[O-])c(OCCCN)n4)c(OCc4ccccc4)n3)c(OCC(C)C)n2)c(OCC(=O)O)n1. The van der Waals surface area contributed by atoms with Crippen molar-refractivity contribution >= 4 is 52.4 Å². The number of benzene rings is 1. The Morgan fingerprint density at radius 1 is 0.683 bits per heavy atom. The lowest BCUT2D eigenvalue weighted by molar-refractivity contribution is -0.386. The van der Waals surface area contributed by atoms with Gasteiger partial charge in [0.1, 0.15) is 40.8 Å². The maximum atomic E-state index is 13.8. The molecule has 5 rings (SSSR count). The van der Waals surface area contributed by atoms with Gasteiger partial charge in [-0.1, -0.05) is 44.2 Å². The van der Waals surface area contributed by atoms with Crippen molar-refractivity contribution in [1.82, 2.24) is 19.9 Å². The molecular weight excluding hydrogens is 827 g/mol. The van der Waals surface area contributed by atoms with Crippen LogP contribution >= 0.6 is 0 Å². The summed E-state index contributed by atoms with van der Waals surface area (Å²) in [7, 11) is 1.13. The third-order valence-corrected chi connectivity index (χ3v) is 8.15. The van der Waals surface area contributed by atoms with Crippen LogP contribution in [0.4, 0.5) is 22.7 Å². The van der Waals surface area contributed by atoms with Crippen LogP contribution in [0.5, 0.6) is 23.5 Å². The van der Waals surface area contributed by atoms with Crippen LogP contribution in [-0.2, 0) is 16.1 Å². The highest BCUT2D eigenvalue weighted by Crippen LogP contribution is 2.30. The predicted octanol–water partition coefficient (Wildman–Crippen LogP) is 4.52. The Balaban J connectivity index is 1.41. The van der Waals surface area contributed by atoms with E-state index in [-0.39, 0.29) is 95.6 Å². The lowest BCUT2D eigenvalue weighted by Gasteiger charge is -2.16. The minimum atomic E-state index is -1.34. The zero-order chi connectivity index (χ0) is 45.5. The molecule has 328 valence electrons. The first kappa shape index (κ1) is 45.8. The minimum absolute atomic E-state index is 0.00797. The number of aliphatic carboxylic acids is 1. The monoisotopic (exact) mass is 867 g/mol. The second-order valence-corrected chi connectivity index (χ2v) is 13.4. The number of hydrogen-bond donors (Lipinski definition) is 5. The molecule has 5 aromatic rings. The summed E-state index contributed by atoms with van der Waals surface area (Å²) in [6.07, 6.45) is 0.388. The van der Waals surface area contributed by atoms with Crippen molar-refractivity contribution in [1.29, 1.82) is 0 Å². The first-order valence-electron chi connectivity index (χ1n) is 18.9. The van der Waals surface area contributed by atoms with Crippen LogP contribution in [0.25, 0.3) is 0 Å². The van der Waals surface area contributed by atoms with Gasteiger partial charge >= 0.3 is 17.6 Å². The summed E-state index contributed by atoms with van der Waals surface area (Å²) >= 11 is 0. The fourth-order valence-corrected chi connectivity index (χ4v) is 5.13. The summed E-state index contributed by atoms with van der Waals surface area (Å²) in [5, 5.41) is 28.5. The number of carboxylic acid groups (broad SMARTS) is 1. The minimum Gasteiger partial charge on any atom is -0.479 e. The van der Waals surface area contributed by atoms with E-state index < -0.39 is 46.9 Å². The van der Waals surface area contributed by atoms with E-state index in [0.29, 0.717) is 6.42 Å². The Hall–Kier alpha value is -8.27. The molecule has 0 saturated heterocycles. The molecule has 3 amide bonds. The number of nitrogens with one attached hydrogen (secondary N) is 3. The number of carbonyl (C=O) groups excluding carboxylic acids is 4. The maximum Gasteiger partial charge on any atom is 0.356 e. The highest BCUT2D eigenvalue weighted by molar-refractivity contribution is 6.07. The number of nitro groups is 1. The number of esters is 1. The van der Waals surface area contributed by atoms with Gasteiger partial charge < -0.3 is 50.5 Å². The number of pyridine rings is 4.